The first-order valence-electron chi connectivity index (χ1n) is 14.1. The van der Waals surface area contributed by atoms with Crippen molar-refractivity contribution in [1.82, 2.24) is 9.21 Å². The van der Waals surface area contributed by atoms with E-state index < -0.39 is 28.0 Å². The zero-order chi connectivity index (χ0) is 30.3. The van der Waals surface area contributed by atoms with Gasteiger partial charge in [0.05, 0.1) is 35.3 Å². The highest BCUT2D eigenvalue weighted by Gasteiger charge is 2.32. The number of sulfonamides is 1. The van der Waals surface area contributed by atoms with E-state index in [9.17, 15) is 22.7 Å². The third kappa shape index (κ3) is 8.41. The van der Waals surface area contributed by atoms with Gasteiger partial charge in [-0.1, -0.05) is 6.92 Å². The van der Waals surface area contributed by atoms with E-state index in [4.69, 9.17) is 9.47 Å². The Morgan fingerprint density at radius 3 is 2.41 bits per heavy atom. The molecule has 0 spiro atoms. The normalized spacial score (nSPS) is 22.0. The van der Waals surface area contributed by atoms with Gasteiger partial charge in [0.15, 0.2) is 0 Å². The van der Waals surface area contributed by atoms with Gasteiger partial charge in [-0.25, -0.2) is 12.8 Å². The standard InChI is InChI=1S/C30H44FN3O6S/c1-21-18-34(22(2)20-35)30(36)27-17-25(32(4)5)12-15-28(27)40-23(3)9-7-8-16-39-29(21)19-33(6)41(37,38)26-13-10-24(31)11-14-26/h10-15,17,21-23,29,35H,7-9,16,18-20H2,1-6H3/t21-,22+,23+,29-/m0/s1. The number of likely N-dealkylation sites (N-methyl/N-ethyl adjacent to an activating group) is 1. The molecule has 228 valence electrons. The van der Waals surface area contributed by atoms with Crippen molar-refractivity contribution in [3.05, 3.63) is 53.8 Å². The number of ether oxygens (including phenoxy) is 2. The smallest absolute Gasteiger partial charge is 0.258 e. The molecular weight excluding hydrogens is 549 g/mol. The molecule has 3 rings (SSSR count). The van der Waals surface area contributed by atoms with Crippen molar-refractivity contribution < 1.29 is 32.2 Å². The number of rotatable bonds is 7. The van der Waals surface area contributed by atoms with Gasteiger partial charge in [-0.3, -0.25) is 4.79 Å². The number of halogens is 1. The van der Waals surface area contributed by atoms with E-state index >= 15 is 0 Å². The SMILES string of the molecule is C[C@@H]1CCCCO[C@@H](CN(C)S(=O)(=O)c2ccc(F)cc2)[C@@H](C)CN([C@H](C)CO)C(=O)c2cc(N(C)C)ccc2O1. The molecule has 0 saturated carbocycles. The number of carbonyl (C=O) groups is 1. The minimum absolute atomic E-state index is 0.0112. The van der Waals surface area contributed by atoms with Crippen LogP contribution in [0.25, 0.3) is 0 Å². The number of benzene rings is 2. The van der Waals surface area contributed by atoms with E-state index in [0.29, 0.717) is 17.9 Å². The van der Waals surface area contributed by atoms with E-state index in [0.717, 1.165) is 37.1 Å². The first kappa shape index (κ1) is 32.8. The van der Waals surface area contributed by atoms with Crippen LogP contribution < -0.4 is 9.64 Å². The summed E-state index contributed by atoms with van der Waals surface area (Å²) in [5, 5.41) is 10.1. The maximum absolute atomic E-state index is 14.1. The quantitative estimate of drug-likeness (QED) is 0.518. The van der Waals surface area contributed by atoms with Crippen LogP contribution >= 0.6 is 0 Å². The van der Waals surface area contributed by atoms with Crippen LogP contribution in [-0.4, -0.2) is 94.3 Å². The van der Waals surface area contributed by atoms with Crippen LogP contribution in [0.15, 0.2) is 47.4 Å². The second kappa shape index (κ2) is 14.4. The summed E-state index contributed by atoms with van der Waals surface area (Å²) < 4.78 is 53.6. The highest BCUT2D eigenvalue weighted by molar-refractivity contribution is 7.89. The summed E-state index contributed by atoms with van der Waals surface area (Å²) in [5.74, 6) is -0.600. The number of fused-ring (bicyclic) bond motifs is 1. The number of hydrogen-bond donors (Lipinski definition) is 1. The van der Waals surface area contributed by atoms with Gasteiger partial charge in [0, 0.05) is 52.4 Å². The lowest BCUT2D eigenvalue weighted by Gasteiger charge is -2.35. The Balaban J connectivity index is 1.96. The molecule has 2 aromatic carbocycles. The maximum Gasteiger partial charge on any atom is 0.258 e. The summed E-state index contributed by atoms with van der Waals surface area (Å²) in [4.78, 5) is 17.6. The average Bonchev–Trinajstić information content (AvgIpc) is 2.93. The van der Waals surface area contributed by atoms with Crippen molar-refractivity contribution >= 4 is 21.6 Å². The summed E-state index contributed by atoms with van der Waals surface area (Å²) >= 11 is 0. The number of aliphatic hydroxyl groups excluding tert-OH is 1. The fourth-order valence-electron chi connectivity index (χ4n) is 4.79. The zero-order valence-electron chi connectivity index (χ0n) is 24.9. The van der Waals surface area contributed by atoms with Crippen LogP contribution in [0.2, 0.25) is 0 Å². The topological polar surface area (TPSA) is 99.6 Å². The second-order valence-corrected chi connectivity index (χ2v) is 13.2. The molecule has 0 bridgehead atoms. The Morgan fingerprint density at radius 1 is 1.10 bits per heavy atom. The Bertz CT molecular complexity index is 1260. The molecule has 0 aliphatic carbocycles. The molecule has 0 aromatic heterocycles. The summed E-state index contributed by atoms with van der Waals surface area (Å²) in [6, 6.07) is 9.73. The number of carbonyl (C=O) groups excluding carboxylic acids is 1. The van der Waals surface area contributed by atoms with Crippen molar-refractivity contribution in [2.45, 2.75) is 63.2 Å². The predicted molar refractivity (Wildman–Crippen MR) is 157 cm³/mol. The molecule has 9 nitrogen and oxygen atoms in total. The lowest BCUT2D eigenvalue weighted by molar-refractivity contribution is -0.00833. The molecule has 41 heavy (non-hydrogen) atoms. The summed E-state index contributed by atoms with van der Waals surface area (Å²) in [6.45, 7) is 6.08. The van der Waals surface area contributed by atoms with Gasteiger partial charge in [0.25, 0.3) is 5.91 Å². The molecule has 2 aromatic rings. The Morgan fingerprint density at radius 2 is 1.78 bits per heavy atom. The highest BCUT2D eigenvalue weighted by atomic mass is 32.2. The first-order valence-corrected chi connectivity index (χ1v) is 15.5. The minimum atomic E-state index is -3.90. The van der Waals surface area contributed by atoms with Crippen LogP contribution in [0.4, 0.5) is 10.1 Å². The molecule has 1 amide bonds. The molecule has 1 heterocycles. The van der Waals surface area contributed by atoms with E-state index in [2.05, 4.69) is 0 Å². The van der Waals surface area contributed by atoms with E-state index in [-0.39, 0.29) is 42.5 Å². The highest BCUT2D eigenvalue weighted by Crippen LogP contribution is 2.29. The van der Waals surface area contributed by atoms with Crippen molar-refractivity contribution in [2.24, 2.45) is 5.92 Å². The fourth-order valence-corrected chi connectivity index (χ4v) is 5.97. The minimum Gasteiger partial charge on any atom is -0.490 e. The van der Waals surface area contributed by atoms with Crippen LogP contribution in [-0.2, 0) is 14.8 Å². The third-order valence-electron chi connectivity index (χ3n) is 7.51. The second-order valence-electron chi connectivity index (χ2n) is 11.1. The lowest BCUT2D eigenvalue weighted by atomic mass is 10.0. The summed E-state index contributed by atoms with van der Waals surface area (Å²) in [5.41, 5.74) is 1.24. The molecule has 0 fully saturated rings. The number of amides is 1. The van der Waals surface area contributed by atoms with E-state index in [1.54, 1.807) is 17.9 Å². The molecule has 1 aliphatic rings. The van der Waals surface area contributed by atoms with Gasteiger partial charge in [0.2, 0.25) is 10.0 Å². The molecular formula is C30H44FN3O6S. The maximum atomic E-state index is 14.1. The number of aliphatic hydroxyl groups is 1. The van der Waals surface area contributed by atoms with Crippen molar-refractivity contribution in [3.8, 4) is 5.75 Å². The van der Waals surface area contributed by atoms with Crippen LogP contribution in [0, 0.1) is 11.7 Å². The molecule has 11 heteroatoms. The van der Waals surface area contributed by atoms with Crippen molar-refractivity contribution in [3.63, 3.8) is 0 Å². The number of anilines is 1. The van der Waals surface area contributed by atoms with E-state index in [1.807, 2.05) is 45.0 Å². The lowest BCUT2D eigenvalue weighted by Crippen LogP contribution is -2.48. The van der Waals surface area contributed by atoms with E-state index in [1.165, 1.54) is 23.5 Å². The molecule has 0 unspecified atom stereocenters. The van der Waals surface area contributed by atoms with Crippen LogP contribution in [0.5, 0.6) is 5.75 Å². The summed E-state index contributed by atoms with van der Waals surface area (Å²) in [6.07, 6.45) is 1.66. The molecule has 0 saturated heterocycles. The average molecular weight is 594 g/mol. The Kier molecular flexibility index (Phi) is 11.5. The Labute approximate surface area is 243 Å². The van der Waals surface area contributed by atoms with Gasteiger partial charge in [0.1, 0.15) is 11.6 Å². The van der Waals surface area contributed by atoms with Crippen LogP contribution in [0.3, 0.4) is 0 Å². The summed E-state index contributed by atoms with van der Waals surface area (Å²) in [7, 11) is 1.36. The molecule has 1 N–H and O–H groups in total. The number of nitrogens with zero attached hydrogens (tertiary/aromatic N) is 3. The molecule has 4 atom stereocenters. The van der Waals surface area contributed by atoms with Gasteiger partial charge < -0.3 is 24.4 Å². The van der Waals surface area contributed by atoms with Crippen molar-refractivity contribution in [1.29, 1.82) is 0 Å². The monoisotopic (exact) mass is 593 g/mol. The number of hydrogen-bond acceptors (Lipinski definition) is 7. The largest absolute Gasteiger partial charge is 0.490 e. The third-order valence-corrected chi connectivity index (χ3v) is 9.35. The fraction of sp³-hybridized carbons (Fsp3) is 0.567. The van der Waals surface area contributed by atoms with Gasteiger partial charge >= 0.3 is 0 Å². The first-order chi connectivity index (χ1) is 19.3. The van der Waals surface area contributed by atoms with Gasteiger partial charge in [-0.05, 0) is 75.6 Å². The molecule has 1 aliphatic heterocycles. The van der Waals surface area contributed by atoms with Gasteiger partial charge in [-0.2, -0.15) is 4.31 Å². The van der Waals surface area contributed by atoms with Gasteiger partial charge in [-0.15, -0.1) is 0 Å². The molecule has 0 radical (unpaired) electrons. The zero-order valence-corrected chi connectivity index (χ0v) is 25.7. The predicted octanol–water partition coefficient (Wildman–Crippen LogP) is 4.01. The Hall–Kier alpha value is -2.73. The van der Waals surface area contributed by atoms with Crippen molar-refractivity contribution in [2.75, 3.05) is 52.3 Å². The van der Waals surface area contributed by atoms with Crippen LogP contribution in [0.1, 0.15) is 50.4 Å².